The summed E-state index contributed by atoms with van der Waals surface area (Å²) in [5, 5.41) is 24.9. The van der Waals surface area contributed by atoms with Crippen molar-refractivity contribution in [2.24, 2.45) is 0 Å². The van der Waals surface area contributed by atoms with Gasteiger partial charge in [-0.2, -0.15) is 10.4 Å². The van der Waals surface area contributed by atoms with Crippen LogP contribution >= 0.6 is 0 Å². The van der Waals surface area contributed by atoms with Crippen LogP contribution in [0.25, 0.3) is 10.9 Å². The molecule has 0 aliphatic rings. The number of hydrogen-bond donors (Lipinski definition) is 0. The van der Waals surface area contributed by atoms with Gasteiger partial charge >= 0.3 is 0 Å². The fourth-order valence-corrected chi connectivity index (χ4v) is 2.40. The molecule has 0 radical (unpaired) electrons. The Labute approximate surface area is 137 Å². The molecule has 24 heavy (non-hydrogen) atoms. The van der Waals surface area contributed by atoms with Crippen LogP contribution in [0.1, 0.15) is 5.56 Å². The van der Waals surface area contributed by atoms with Gasteiger partial charge in [-0.25, -0.2) is 4.98 Å². The van der Waals surface area contributed by atoms with Crippen LogP contribution in [0.3, 0.4) is 0 Å². The molecule has 1 aromatic carbocycles. The number of nitro groups is 1. The molecule has 0 spiro atoms. The predicted octanol–water partition coefficient (Wildman–Crippen LogP) is 2.35. The summed E-state index contributed by atoms with van der Waals surface area (Å²) in [6, 6.07) is 9.94. The number of nitriles is 1. The lowest BCUT2D eigenvalue weighted by Crippen LogP contribution is -2.24. The number of likely N-dealkylation sites (N-methyl/N-ethyl adjacent to an activating group) is 1. The Morgan fingerprint density at radius 3 is 2.92 bits per heavy atom. The Morgan fingerprint density at radius 1 is 1.42 bits per heavy atom. The first-order valence-electron chi connectivity index (χ1n) is 7.26. The molecule has 3 rings (SSSR count). The summed E-state index contributed by atoms with van der Waals surface area (Å²) in [7, 11) is 1.88. The lowest BCUT2D eigenvalue weighted by atomic mass is 10.1. The van der Waals surface area contributed by atoms with Crippen molar-refractivity contribution < 1.29 is 4.92 Å². The minimum Gasteiger partial charge on any atom is -0.358 e. The lowest BCUT2D eigenvalue weighted by molar-refractivity contribution is -0.384. The third-order valence-corrected chi connectivity index (χ3v) is 3.72. The molecule has 0 saturated heterocycles. The molecular formula is C16H14N6O2. The fourth-order valence-electron chi connectivity index (χ4n) is 2.40. The molecule has 0 amide bonds. The van der Waals surface area contributed by atoms with E-state index < -0.39 is 4.92 Å². The smallest absolute Gasteiger partial charge is 0.270 e. The van der Waals surface area contributed by atoms with E-state index in [1.54, 1.807) is 18.3 Å². The van der Waals surface area contributed by atoms with Crippen LogP contribution in [-0.4, -0.2) is 33.3 Å². The summed E-state index contributed by atoms with van der Waals surface area (Å²) in [6.45, 7) is 1.35. The Balaban J connectivity index is 1.93. The van der Waals surface area contributed by atoms with Gasteiger partial charge in [-0.05, 0) is 18.2 Å². The molecule has 0 bridgehead atoms. The number of benzene rings is 1. The number of pyridine rings is 1. The molecule has 0 aliphatic carbocycles. The van der Waals surface area contributed by atoms with E-state index in [0.717, 1.165) is 0 Å². The number of rotatable bonds is 5. The molecule has 120 valence electrons. The zero-order chi connectivity index (χ0) is 17.1. The highest BCUT2D eigenvalue weighted by atomic mass is 16.6. The predicted molar refractivity (Wildman–Crippen MR) is 88.6 cm³/mol. The normalized spacial score (nSPS) is 10.5. The molecule has 8 heteroatoms. The SMILES string of the molecule is CN(CCn1cccn1)c1cc(C#N)c2cc([N+](=O)[O-])ccc2n1. The number of aromatic nitrogens is 3. The number of nitrogens with zero attached hydrogens (tertiary/aromatic N) is 6. The highest BCUT2D eigenvalue weighted by Gasteiger charge is 2.13. The topological polar surface area (TPSA) is 101 Å². The van der Waals surface area contributed by atoms with Gasteiger partial charge < -0.3 is 4.90 Å². The largest absolute Gasteiger partial charge is 0.358 e. The molecule has 0 aliphatic heterocycles. The summed E-state index contributed by atoms with van der Waals surface area (Å²) in [4.78, 5) is 16.8. The van der Waals surface area contributed by atoms with Crippen LogP contribution in [0, 0.1) is 21.4 Å². The Bertz CT molecular complexity index is 930. The second-order valence-electron chi connectivity index (χ2n) is 5.29. The quantitative estimate of drug-likeness (QED) is 0.528. The van der Waals surface area contributed by atoms with Gasteiger partial charge in [0.25, 0.3) is 5.69 Å². The highest BCUT2D eigenvalue weighted by Crippen LogP contribution is 2.25. The Kier molecular flexibility index (Phi) is 4.07. The fraction of sp³-hybridized carbons (Fsp3) is 0.188. The average Bonchev–Trinajstić information content (AvgIpc) is 3.11. The van der Waals surface area contributed by atoms with E-state index in [-0.39, 0.29) is 5.69 Å². The molecular weight excluding hydrogens is 308 g/mol. The molecule has 2 aromatic heterocycles. The van der Waals surface area contributed by atoms with Gasteiger partial charge in [0.15, 0.2) is 0 Å². The van der Waals surface area contributed by atoms with Gasteiger partial charge in [-0.3, -0.25) is 14.8 Å². The summed E-state index contributed by atoms with van der Waals surface area (Å²) < 4.78 is 1.81. The summed E-state index contributed by atoms with van der Waals surface area (Å²) in [5.41, 5.74) is 0.866. The minimum atomic E-state index is -0.481. The van der Waals surface area contributed by atoms with Gasteiger partial charge in [-0.15, -0.1) is 0 Å². The second kappa shape index (κ2) is 6.34. The Morgan fingerprint density at radius 2 is 2.25 bits per heavy atom. The van der Waals surface area contributed by atoms with Gasteiger partial charge in [-0.1, -0.05) is 0 Å². The van der Waals surface area contributed by atoms with Crippen molar-refractivity contribution in [1.29, 1.82) is 5.26 Å². The summed E-state index contributed by atoms with van der Waals surface area (Å²) in [6.07, 6.45) is 3.59. The molecule has 3 aromatic rings. The van der Waals surface area contributed by atoms with Gasteiger partial charge in [0.1, 0.15) is 5.82 Å². The van der Waals surface area contributed by atoms with Crippen LogP contribution in [0.5, 0.6) is 0 Å². The van der Waals surface area contributed by atoms with Crippen LogP contribution in [0.15, 0.2) is 42.7 Å². The zero-order valence-corrected chi connectivity index (χ0v) is 13.0. The number of nitro benzene ring substituents is 1. The van der Waals surface area contributed by atoms with E-state index in [1.165, 1.54) is 12.1 Å². The van der Waals surface area contributed by atoms with Crippen LogP contribution in [0.4, 0.5) is 11.5 Å². The van der Waals surface area contributed by atoms with E-state index in [1.807, 2.05) is 28.9 Å². The third-order valence-electron chi connectivity index (χ3n) is 3.72. The van der Waals surface area contributed by atoms with Crippen molar-refractivity contribution >= 4 is 22.4 Å². The standard InChI is InChI=1S/C16H14N6O2/c1-20(7-8-21-6-2-5-18-21)16-9-12(11-17)14-10-13(22(23)24)3-4-15(14)19-16/h2-6,9-10H,7-8H2,1H3. The molecule has 0 saturated carbocycles. The maximum absolute atomic E-state index is 10.9. The first kappa shape index (κ1) is 15.4. The highest BCUT2D eigenvalue weighted by molar-refractivity contribution is 5.88. The van der Waals surface area contributed by atoms with Crippen LogP contribution in [-0.2, 0) is 6.54 Å². The number of hydrogen-bond acceptors (Lipinski definition) is 6. The lowest BCUT2D eigenvalue weighted by Gasteiger charge is -2.19. The third kappa shape index (κ3) is 3.01. The number of fused-ring (bicyclic) bond motifs is 1. The van der Waals surface area contributed by atoms with Crippen molar-refractivity contribution in [3.8, 4) is 6.07 Å². The second-order valence-corrected chi connectivity index (χ2v) is 5.29. The van der Waals surface area contributed by atoms with Crippen LogP contribution < -0.4 is 4.90 Å². The average molecular weight is 322 g/mol. The maximum Gasteiger partial charge on any atom is 0.270 e. The van der Waals surface area contributed by atoms with Gasteiger partial charge in [0.05, 0.1) is 28.6 Å². The van der Waals surface area contributed by atoms with E-state index in [2.05, 4.69) is 16.2 Å². The molecule has 8 nitrogen and oxygen atoms in total. The van der Waals surface area contributed by atoms with Crippen molar-refractivity contribution in [2.75, 3.05) is 18.5 Å². The molecule has 2 heterocycles. The van der Waals surface area contributed by atoms with Gasteiger partial charge in [0, 0.05) is 43.5 Å². The number of non-ortho nitro benzene ring substituents is 1. The molecule has 0 unspecified atom stereocenters. The van der Waals surface area contributed by atoms with Crippen molar-refractivity contribution in [3.05, 3.63) is 58.4 Å². The van der Waals surface area contributed by atoms with E-state index in [9.17, 15) is 15.4 Å². The summed E-state index contributed by atoms with van der Waals surface area (Å²) in [5.74, 6) is 0.639. The van der Waals surface area contributed by atoms with E-state index >= 15 is 0 Å². The monoisotopic (exact) mass is 322 g/mol. The molecule has 0 fully saturated rings. The minimum absolute atomic E-state index is 0.0550. The first-order chi connectivity index (χ1) is 11.6. The Hall–Kier alpha value is -3.47. The van der Waals surface area contributed by atoms with Gasteiger partial charge in [0.2, 0.25) is 0 Å². The van der Waals surface area contributed by atoms with Crippen molar-refractivity contribution in [2.45, 2.75) is 6.54 Å². The van der Waals surface area contributed by atoms with E-state index in [0.29, 0.717) is 35.4 Å². The first-order valence-corrected chi connectivity index (χ1v) is 7.26. The van der Waals surface area contributed by atoms with Crippen LogP contribution in [0.2, 0.25) is 0 Å². The maximum atomic E-state index is 10.9. The van der Waals surface area contributed by atoms with Crippen molar-refractivity contribution in [3.63, 3.8) is 0 Å². The van der Waals surface area contributed by atoms with Crippen molar-refractivity contribution in [1.82, 2.24) is 14.8 Å². The summed E-state index contributed by atoms with van der Waals surface area (Å²) >= 11 is 0. The van der Waals surface area contributed by atoms with E-state index in [4.69, 9.17) is 0 Å². The molecule has 0 atom stereocenters. The molecule has 0 N–H and O–H groups in total. The number of anilines is 1. The zero-order valence-electron chi connectivity index (χ0n) is 13.0.